The van der Waals surface area contributed by atoms with Gasteiger partial charge in [0.15, 0.2) is 0 Å². The Balaban J connectivity index is 1.64. The molecule has 0 unspecified atom stereocenters. The zero-order chi connectivity index (χ0) is 19.2. The molecule has 2 aromatic heterocycles. The number of nitrogens with zero attached hydrogens (tertiary/aromatic N) is 4. The van der Waals surface area contributed by atoms with E-state index in [2.05, 4.69) is 9.97 Å². The van der Waals surface area contributed by atoms with E-state index in [1.807, 2.05) is 29.2 Å². The maximum atomic E-state index is 12.8. The Morgan fingerprint density at radius 3 is 2.63 bits per heavy atom. The lowest BCUT2D eigenvalue weighted by Crippen LogP contribution is -2.30. The molecule has 3 heterocycles. The molecule has 0 spiro atoms. The molecule has 0 bridgehead atoms. The van der Waals surface area contributed by atoms with Gasteiger partial charge in [-0.1, -0.05) is 18.2 Å². The van der Waals surface area contributed by atoms with Crippen LogP contribution in [0, 0.1) is 6.92 Å². The molecule has 9 heteroatoms. The summed E-state index contributed by atoms with van der Waals surface area (Å²) in [5.74, 6) is 0.734. The quantitative estimate of drug-likeness (QED) is 0.681. The van der Waals surface area contributed by atoms with Crippen LogP contribution in [0.3, 0.4) is 0 Å². The summed E-state index contributed by atoms with van der Waals surface area (Å²) >= 11 is 0.622. The second kappa shape index (κ2) is 6.49. The van der Waals surface area contributed by atoms with Crippen LogP contribution in [0.1, 0.15) is 21.1 Å². The van der Waals surface area contributed by atoms with Gasteiger partial charge >= 0.3 is 11.9 Å². The standard InChI is InChI=1S/C18H15F3N4OS/c1-11-22-16(24-9-8-12-4-2-3-5-14(12)24)23-17(26)25(11)10-13-6-7-15(27-13)18(19,20)21/h2-7H,8-10H2,1H3. The maximum absolute atomic E-state index is 12.8. The molecule has 1 aliphatic rings. The molecule has 1 aliphatic heterocycles. The molecule has 0 N–H and O–H groups in total. The highest BCUT2D eigenvalue weighted by Crippen LogP contribution is 2.35. The first kappa shape index (κ1) is 17.7. The fraction of sp³-hybridized carbons (Fsp3) is 0.278. The van der Waals surface area contributed by atoms with Crippen molar-refractivity contribution < 1.29 is 13.2 Å². The number of rotatable bonds is 3. The van der Waals surface area contributed by atoms with Crippen molar-refractivity contribution in [1.82, 2.24) is 14.5 Å². The first-order valence-electron chi connectivity index (χ1n) is 8.30. The van der Waals surface area contributed by atoms with Gasteiger partial charge in [0.2, 0.25) is 5.95 Å². The van der Waals surface area contributed by atoms with Gasteiger partial charge in [0, 0.05) is 17.1 Å². The summed E-state index contributed by atoms with van der Waals surface area (Å²) in [4.78, 5) is 22.6. The molecule has 0 saturated heterocycles. The number of hydrogen-bond donors (Lipinski definition) is 0. The van der Waals surface area contributed by atoms with Crippen LogP contribution >= 0.6 is 11.3 Å². The van der Waals surface area contributed by atoms with Gasteiger partial charge in [0.25, 0.3) is 0 Å². The first-order valence-corrected chi connectivity index (χ1v) is 9.11. The third kappa shape index (κ3) is 3.34. The average Bonchev–Trinajstić information content (AvgIpc) is 3.24. The second-order valence-corrected chi connectivity index (χ2v) is 7.40. The van der Waals surface area contributed by atoms with Crippen LogP contribution in [0.15, 0.2) is 41.2 Å². The fourth-order valence-corrected chi connectivity index (χ4v) is 4.00. The second-order valence-electron chi connectivity index (χ2n) is 6.23. The van der Waals surface area contributed by atoms with Crippen molar-refractivity contribution in [3.8, 4) is 0 Å². The van der Waals surface area contributed by atoms with Gasteiger partial charge in [0.05, 0.1) is 6.54 Å². The molecule has 27 heavy (non-hydrogen) atoms. The minimum absolute atomic E-state index is 0.0162. The van der Waals surface area contributed by atoms with Crippen LogP contribution in [0.25, 0.3) is 0 Å². The Labute approximate surface area is 156 Å². The summed E-state index contributed by atoms with van der Waals surface area (Å²) < 4.78 is 39.6. The Bertz CT molecular complexity index is 1060. The predicted molar refractivity (Wildman–Crippen MR) is 96.6 cm³/mol. The third-order valence-electron chi connectivity index (χ3n) is 4.46. The topological polar surface area (TPSA) is 51.0 Å². The largest absolute Gasteiger partial charge is 0.425 e. The van der Waals surface area contributed by atoms with Gasteiger partial charge < -0.3 is 4.90 Å². The van der Waals surface area contributed by atoms with E-state index >= 15 is 0 Å². The Kier molecular flexibility index (Phi) is 4.26. The van der Waals surface area contributed by atoms with E-state index in [0.717, 1.165) is 18.2 Å². The zero-order valence-corrected chi connectivity index (χ0v) is 15.1. The van der Waals surface area contributed by atoms with Crippen molar-refractivity contribution >= 4 is 23.0 Å². The number of fused-ring (bicyclic) bond motifs is 1. The molecule has 5 nitrogen and oxygen atoms in total. The monoisotopic (exact) mass is 392 g/mol. The molecule has 4 rings (SSSR count). The van der Waals surface area contributed by atoms with E-state index in [9.17, 15) is 18.0 Å². The summed E-state index contributed by atoms with van der Waals surface area (Å²) in [6.45, 7) is 2.36. The Morgan fingerprint density at radius 2 is 1.93 bits per heavy atom. The maximum Gasteiger partial charge on any atom is 0.425 e. The van der Waals surface area contributed by atoms with E-state index in [4.69, 9.17) is 0 Å². The van der Waals surface area contributed by atoms with Gasteiger partial charge in [-0.25, -0.2) is 4.79 Å². The number of alkyl halides is 3. The van der Waals surface area contributed by atoms with Gasteiger partial charge in [0.1, 0.15) is 10.7 Å². The summed E-state index contributed by atoms with van der Waals surface area (Å²) in [5, 5.41) is 0. The fourth-order valence-electron chi connectivity index (χ4n) is 3.13. The van der Waals surface area contributed by atoms with E-state index < -0.39 is 16.7 Å². The predicted octanol–water partition coefficient (Wildman–Crippen LogP) is 3.77. The van der Waals surface area contributed by atoms with E-state index in [1.54, 1.807) is 6.92 Å². The minimum Gasteiger partial charge on any atom is -0.310 e. The molecular formula is C18H15F3N4OS. The number of hydrogen-bond acceptors (Lipinski definition) is 5. The van der Waals surface area contributed by atoms with E-state index in [1.165, 1.54) is 16.2 Å². The smallest absolute Gasteiger partial charge is 0.310 e. The van der Waals surface area contributed by atoms with Crippen molar-refractivity contribution in [3.63, 3.8) is 0 Å². The van der Waals surface area contributed by atoms with Gasteiger partial charge in [-0.2, -0.15) is 23.1 Å². The van der Waals surface area contributed by atoms with Crippen LogP contribution in [0.5, 0.6) is 0 Å². The van der Waals surface area contributed by atoms with Crippen molar-refractivity contribution in [3.05, 3.63) is 68.0 Å². The summed E-state index contributed by atoms with van der Waals surface area (Å²) in [5.41, 5.74) is 1.62. The first-order chi connectivity index (χ1) is 12.8. The molecule has 140 valence electrons. The molecule has 1 aromatic carbocycles. The van der Waals surface area contributed by atoms with Crippen LogP contribution in [0.4, 0.5) is 24.8 Å². The number of para-hydroxylation sites is 1. The van der Waals surface area contributed by atoms with Gasteiger partial charge in [-0.05, 0) is 37.1 Å². The van der Waals surface area contributed by atoms with Crippen molar-refractivity contribution in [2.45, 2.75) is 26.1 Å². The normalized spacial score (nSPS) is 13.9. The highest BCUT2D eigenvalue weighted by molar-refractivity contribution is 7.12. The molecule has 0 radical (unpaired) electrons. The summed E-state index contributed by atoms with van der Waals surface area (Å²) in [6.07, 6.45) is -3.54. The lowest BCUT2D eigenvalue weighted by atomic mass is 10.2. The molecule has 0 fully saturated rings. The lowest BCUT2D eigenvalue weighted by Gasteiger charge is -2.18. The number of aryl methyl sites for hydroxylation is 1. The molecule has 0 amide bonds. The van der Waals surface area contributed by atoms with Crippen LogP contribution in [0.2, 0.25) is 0 Å². The highest BCUT2D eigenvalue weighted by Gasteiger charge is 2.32. The average molecular weight is 392 g/mol. The van der Waals surface area contributed by atoms with Crippen LogP contribution < -0.4 is 10.6 Å². The molecule has 0 aliphatic carbocycles. The van der Waals surface area contributed by atoms with E-state index in [-0.39, 0.29) is 6.54 Å². The number of aromatic nitrogens is 3. The molecule has 3 aromatic rings. The number of anilines is 2. The molecule has 0 saturated carbocycles. The van der Waals surface area contributed by atoms with E-state index in [0.29, 0.717) is 34.5 Å². The summed E-state index contributed by atoms with van der Waals surface area (Å²) in [7, 11) is 0. The zero-order valence-electron chi connectivity index (χ0n) is 14.3. The lowest BCUT2D eigenvalue weighted by molar-refractivity contribution is -0.134. The molecule has 0 atom stereocenters. The SMILES string of the molecule is Cc1nc(N2CCc3ccccc32)nc(=O)n1Cc1ccc(C(F)(F)F)s1. The van der Waals surface area contributed by atoms with Crippen LogP contribution in [-0.4, -0.2) is 21.1 Å². The van der Waals surface area contributed by atoms with Gasteiger partial charge in [-0.15, -0.1) is 11.3 Å². The summed E-state index contributed by atoms with van der Waals surface area (Å²) in [6, 6.07) is 10.3. The Morgan fingerprint density at radius 1 is 1.15 bits per heavy atom. The number of thiophene rings is 1. The van der Waals surface area contributed by atoms with Crippen molar-refractivity contribution in [2.75, 3.05) is 11.4 Å². The van der Waals surface area contributed by atoms with Crippen molar-refractivity contribution in [1.29, 1.82) is 0 Å². The van der Waals surface area contributed by atoms with Crippen LogP contribution in [-0.2, 0) is 19.1 Å². The Hall–Kier alpha value is -2.68. The third-order valence-corrected chi connectivity index (χ3v) is 5.58. The van der Waals surface area contributed by atoms with Gasteiger partial charge in [-0.3, -0.25) is 4.57 Å². The number of benzene rings is 1. The highest BCUT2D eigenvalue weighted by atomic mass is 32.1. The minimum atomic E-state index is -4.38. The molecular weight excluding hydrogens is 377 g/mol. The van der Waals surface area contributed by atoms with Crippen molar-refractivity contribution in [2.24, 2.45) is 0 Å². The number of halogens is 3.